The molecule has 1 aromatic rings. The number of carbonyl (C=O) groups is 1. The lowest BCUT2D eigenvalue weighted by Crippen LogP contribution is -2.49. The highest BCUT2D eigenvalue weighted by atomic mass is 32.2. The summed E-state index contributed by atoms with van der Waals surface area (Å²) in [5, 5.41) is 2.92. The molecule has 0 saturated carbocycles. The number of amides is 1. The van der Waals surface area contributed by atoms with E-state index in [-0.39, 0.29) is 36.0 Å². The van der Waals surface area contributed by atoms with Crippen LogP contribution in [0.25, 0.3) is 0 Å². The van der Waals surface area contributed by atoms with E-state index >= 15 is 0 Å². The molecule has 8 heteroatoms. The van der Waals surface area contributed by atoms with Crippen LogP contribution >= 0.6 is 0 Å². The van der Waals surface area contributed by atoms with Gasteiger partial charge in [-0.05, 0) is 18.9 Å². The zero-order chi connectivity index (χ0) is 20.0. The summed E-state index contributed by atoms with van der Waals surface area (Å²) in [6.07, 6.45) is 0.510. The predicted octanol–water partition coefficient (Wildman–Crippen LogP) is 0.513. The van der Waals surface area contributed by atoms with Gasteiger partial charge in [0.05, 0.1) is 31.3 Å². The van der Waals surface area contributed by atoms with Gasteiger partial charge in [-0.25, -0.2) is 8.42 Å². The Bertz CT molecular complexity index is 735. The third-order valence-corrected chi connectivity index (χ3v) is 7.19. The number of sulfone groups is 1. The van der Waals surface area contributed by atoms with E-state index in [4.69, 9.17) is 4.74 Å². The van der Waals surface area contributed by atoms with Gasteiger partial charge in [0.25, 0.3) is 0 Å². The minimum atomic E-state index is -3.00. The van der Waals surface area contributed by atoms with Crippen molar-refractivity contribution in [1.82, 2.24) is 15.1 Å². The van der Waals surface area contributed by atoms with Crippen molar-refractivity contribution in [3.8, 4) is 0 Å². The number of morpholine rings is 1. The van der Waals surface area contributed by atoms with Crippen LogP contribution in [0.2, 0.25) is 0 Å². The van der Waals surface area contributed by atoms with Gasteiger partial charge in [-0.2, -0.15) is 0 Å². The quantitative estimate of drug-likeness (QED) is 0.674. The van der Waals surface area contributed by atoms with Gasteiger partial charge in [-0.15, -0.1) is 0 Å². The molecule has 0 radical (unpaired) electrons. The number of nitrogens with one attached hydrogen (secondary N) is 1. The summed E-state index contributed by atoms with van der Waals surface area (Å²) >= 11 is 0. The molecule has 2 aliphatic rings. The van der Waals surface area contributed by atoms with E-state index in [0.29, 0.717) is 13.0 Å². The molecule has 2 fully saturated rings. The first-order valence-electron chi connectivity index (χ1n) is 9.99. The van der Waals surface area contributed by atoms with Crippen LogP contribution in [0.4, 0.5) is 0 Å². The molecule has 7 nitrogen and oxygen atoms in total. The molecule has 1 N–H and O–H groups in total. The normalized spacial score (nSPS) is 23.6. The predicted molar refractivity (Wildman–Crippen MR) is 109 cm³/mol. The summed E-state index contributed by atoms with van der Waals surface area (Å²) in [6, 6.07) is 10.1. The fraction of sp³-hybridized carbons (Fsp3) is 0.650. The summed E-state index contributed by atoms with van der Waals surface area (Å²) in [7, 11) is -3.00. The van der Waals surface area contributed by atoms with Crippen molar-refractivity contribution in [2.45, 2.75) is 32.0 Å². The third kappa shape index (κ3) is 6.55. The third-order valence-electron chi connectivity index (χ3n) is 5.42. The number of rotatable bonds is 8. The highest BCUT2D eigenvalue weighted by molar-refractivity contribution is 7.91. The lowest BCUT2D eigenvalue weighted by molar-refractivity contribution is -0.123. The average molecular weight is 410 g/mol. The largest absolute Gasteiger partial charge is 0.379 e. The maximum Gasteiger partial charge on any atom is 0.234 e. The van der Waals surface area contributed by atoms with Gasteiger partial charge in [-0.3, -0.25) is 14.6 Å². The zero-order valence-corrected chi connectivity index (χ0v) is 17.4. The molecule has 0 aromatic heterocycles. The highest BCUT2D eigenvalue weighted by Gasteiger charge is 2.30. The fourth-order valence-corrected chi connectivity index (χ4v) is 5.50. The van der Waals surface area contributed by atoms with Crippen molar-refractivity contribution in [3.63, 3.8) is 0 Å². The van der Waals surface area contributed by atoms with E-state index in [9.17, 15) is 13.2 Å². The maximum atomic E-state index is 12.6. The number of carbonyl (C=O) groups excluding carboxylic acids is 1. The standard InChI is InChI=1S/C20H31N3O4S/c1-17(13-22-8-10-27-11-9-22)23(14-18-5-3-2-4-6-18)15-20(24)21-19-7-12-28(25,26)16-19/h2-6,17,19H,7-16H2,1H3,(H,21,24). The molecule has 28 heavy (non-hydrogen) atoms. The van der Waals surface area contributed by atoms with E-state index in [2.05, 4.69) is 34.2 Å². The van der Waals surface area contributed by atoms with Gasteiger partial charge in [-0.1, -0.05) is 30.3 Å². The van der Waals surface area contributed by atoms with Crippen LogP contribution in [0.15, 0.2) is 30.3 Å². The van der Waals surface area contributed by atoms with Gasteiger partial charge >= 0.3 is 0 Å². The van der Waals surface area contributed by atoms with Crippen LogP contribution in [0, 0.1) is 0 Å². The lowest BCUT2D eigenvalue weighted by atomic mass is 10.1. The van der Waals surface area contributed by atoms with Crippen LogP contribution in [-0.2, 0) is 25.9 Å². The molecule has 0 bridgehead atoms. The second kappa shape index (κ2) is 9.82. The molecule has 2 aliphatic heterocycles. The Morgan fingerprint density at radius 2 is 2.00 bits per heavy atom. The summed E-state index contributed by atoms with van der Waals surface area (Å²) in [5.74, 6) is 0.117. The number of hydrogen-bond donors (Lipinski definition) is 1. The number of benzene rings is 1. The number of nitrogens with zero attached hydrogens (tertiary/aromatic N) is 2. The first kappa shape index (κ1) is 21.2. The summed E-state index contributed by atoms with van der Waals surface area (Å²) in [5.41, 5.74) is 1.16. The van der Waals surface area contributed by atoms with Gasteiger partial charge in [0.2, 0.25) is 5.91 Å². The van der Waals surface area contributed by atoms with Gasteiger partial charge < -0.3 is 10.1 Å². The molecule has 156 valence electrons. The molecule has 0 aliphatic carbocycles. The van der Waals surface area contributed by atoms with Crippen molar-refractivity contribution in [2.75, 3.05) is 50.9 Å². The molecule has 2 saturated heterocycles. The summed E-state index contributed by atoms with van der Waals surface area (Å²) in [6.45, 7) is 7.29. The monoisotopic (exact) mass is 409 g/mol. The minimum absolute atomic E-state index is 0.0563. The van der Waals surface area contributed by atoms with Gasteiger partial charge in [0.15, 0.2) is 9.84 Å². The molecule has 2 heterocycles. The summed E-state index contributed by atoms with van der Waals surface area (Å²) in [4.78, 5) is 17.2. The van der Waals surface area contributed by atoms with E-state index < -0.39 is 9.84 Å². The molecule has 2 atom stereocenters. The second-order valence-electron chi connectivity index (χ2n) is 7.82. The minimum Gasteiger partial charge on any atom is -0.379 e. The first-order chi connectivity index (χ1) is 13.4. The van der Waals surface area contributed by atoms with E-state index in [1.807, 2.05) is 18.2 Å². The van der Waals surface area contributed by atoms with Crippen LogP contribution in [0.1, 0.15) is 18.9 Å². The molecular formula is C20H31N3O4S. The van der Waals surface area contributed by atoms with Crippen LogP contribution in [-0.4, -0.2) is 87.1 Å². The highest BCUT2D eigenvalue weighted by Crippen LogP contribution is 2.13. The van der Waals surface area contributed by atoms with Crippen molar-refractivity contribution in [1.29, 1.82) is 0 Å². The first-order valence-corrected chi connectivity index (χ1v) is 11.8. The van der Waals surface area contributed by atoms with Crippen molar-refractivity contribution in [3.05, 3.63) is 35.9 Å². The smallest absolute Gasteiger partial charge is 0.234 e. The molecule has 1 aromatic carbocycles. The Balaban J connectivity index is 1.60. The molecule has 0 spiro atoms. The Hall–Kier alpha value is -1.48. The Morgan fingerprint density at radius 1 is 1.29 bits per heavy atom. The molecule has 3 rings (SSSR count). The van der Waals surface area contributed by atoms with Crippen LogP contribution in [0.5, 0.6) is 0 Å². The van der Waals surface area contributed by atoms with Crippen LogP contribution in [0.3, 0.4) is 0 Å². The van der Waals surface area contributed by atoms with Gasteiger partial charge in [0, 0.05) is 38.3 Å². The Kier molecular flexibility index (Phi) is 7.45. The summed E-state index contributed by atoms with van der Waals surface area (Å²) < 4.78 is 28.7. The van der Waals surface area contributed by atoms with E-state index in [1.54, 1.807) is 0 Å². The SMILES string of the molecule is CC(CN1CCOCC1)N(CC(=O)NC1CCS(=O)(=O)C1)Cc1ccccc1. The van der Waals surface area contributed by atoms with Crippen molar-refractivity contribution >= 4 is 15.7 Å². The number of ether oxygens (including phenoxy) is 1. The molecule has 2 unspecified atom stereocenters. The fourth-order valence-electron chi connectivity index (χ4n) is 3.82. The van der Waals surface area contributed by atoms with Crippen molar-refractivity contribution in [2.24, 2.45) is 0 Å². The topological polar surface area (TPSA) is 79.0 Å². The number of hydrogen-bond acceptors (Lipinski definition) is 6. The Labute approximate surface area is 167 Å². The van der Waals surface area contributed by atoms with Gasteiger partial charge in [0.1, 0.15) is 0 Å². The zero-order valence-electron chi connectivity index (χ0n) is 16.5. The maximum absolute atomic E-state index is 12.6. The van der Waals surface area contributed by atoms with Crippen LogP contribution < -0.4 is 5.32 Å². The molecule has 1 amide bonds. The van der Waals surface area contributed by atoms with E-state index in [1.165, 1.54) is 0 Å². The van der Waals surface area contributed by atoms with E-state index in [0.717, 1.165) is 38.4 Å². The second-order valence-corrected chi connectivity index (χ2v) is 10.0. The average Bonchev–Trinajstić information content (AvgIpc) is 3.01. The Morgan fingerprint density at radius 3 is 2.64 bits per heavy atom. The molecular weight excluding hydrogens is 378 g/mol. The lowest BCUT2D eigenvalue weighted by Gasteiger charge is -2.35. The van der Waals surface area contributed by atoms with Crippen molar-refractivity contribution < 1.29 is 17.9 Å².